The van der Waals surface area contributed by atoms with Crippen molar-refractivity contribution in [2.24, 2.45) is 5.73 Å². The Labute approximate surface area is 149 Å². The fraction of sp³-hybridized carbons (Fsp3) is 0.222. The van der Waals surface area contributed by atoms with Crippen LogP contribution in [0.5, 0.6) is 0 Å². The molecule has 0 unspecified atom stereocenters. The van der Waals surface area contributed by atoms with Gasteiger partial charge in [0.2, 0.25) is 5.91 Å². The van der Waals surface area contributed by atoms with Gasteiger partial charge in [0.05, 0.1) is 12.5 Å². The number of nitrogens with two attached hydrogens (primary N) is 1. The van der Waals surface area contributed by atoms with E-state index in [0.717, 1.165) is 15.6 Å². The number of benzene rings is 2. The van der Waals surface area contributed by atoms with Crippen LogP contribution >= 0.6 is 15.9 Å². The molecule has 2 rings (SSSR count). The van der Waals surface area contributed by atoms with Gasteiger partial charge in [-0.25, -0.2) is 0 Å². The number of nitrogens with one attached hydrogen (secondary N) is 1. The molecule has 24 heavy (non-hydrogen) atoms. The number of esters is 1. The van der Waals surface area contributed by atoms with Gasteiger partial charge in [0.1, 0.15) is 6.61 Å². The molecule has 0 saturated carbocycles. The largest absolute Gasteiger partial charge is 0.461 e. The molecule has 6 heteroatoms. The van der Waals surface area contributed by atoms with Crippen LogP contribution in [0.2, 0.25) is 0 Å². The molecular weight excluding hydrogens is 372 g/mol. The summed E-state index contributed by atoms with van der Waals surface area (Å²) in [5.41, 5.74) is 8.29. The third-order valence-electron chi connectivity index (χ3n) is 3.39. The molecule has 0 saturated heterocycles. The zero-order valence-electron chi connectivity index (χ0n) is 13.3. The smallest absolute Gasteiger partial charge is 0.308 e. The van der Waals surface area contributed by atoms with E-state index in [9.17, 15) is 9.59 Å². The number of rotatable bonds is 6. The quantitative estimate of drug-likeness (QED) is 0.742. The van der Waals surface area contributed by atoms with Crippen molar-refractivity contribution >= 4 is 33.5 Å². The molecule has 2 aromatic rings. The highest BCUT2D eigenvalue weighted by atomic mass is 79.9. The summed E-state index contributed by atoms with van der Waals surface area (Å²) in [5.74, 6) is -0.929. The monoisotopic (exact) mass is 390 g/mol. The normalized spacial score (nSPS) is 11.6. The van der Waals surface area contributed by atoms with Gasteiger partial charge >= 0.3 is 5.97 Å². The molecule has 3 N–H and O–H groups in total. The van der Waals surface area contributed by atoms with Gasteiger partial charge < -0.3 is 15.8 Å². The fourth-order valence-electron chi connectivity index (χ4n) is 2.03. The summed E-state index contributed by atoms with van der Waals surface area (Å²) >= 11 is 3.40. The lowest BCUT2D eigenvalue weighted by atomic mass is 10.2. The van der Waals surface area contributed by atoms with E-state index in [4.69, 9.17) is 10.5 Å². The molecule has 5 nitrogen and oxygen atoms in total. The van der Waals surface area contributed by atoms with E-state index in [-0.39, 0.29) is 13.0 Å². The van der Waals surface area contributed by atoms with Crippen molar-refractivity contribution in [2.75, 3.05) is 5.32 Å². The number of halogens is 1. The van der Waals surface area contributed by atoms with Crippen LogP contribution in [0.25, 0.3) is 0 Å². The summed E-state index contributed by atoms with van der Waals surface area (Å²) in [4.78, 5) is 23.9. The Kier molecular flexibility index (Phi) is 6.52. The van der Waals surface area contributed by atoms with Gasteiger partial charge in [0.25, 0.3) is 0 Å². The highest BCUT2D eigenvalue weighted by Gasteiger charge is 2.19. The number of aryl methyl sites for hydroxylation is 1. The van der Waals surface area contributed by atoms with Crippen LogP contribution in [0.1, 0.15) is 17.5 Å². The maximum atomic E-state index is 12.1. The maximum Gasteiger partial charge on any atom is 0.308 e. The van der Waals surface area contributed by atoms with Crippen LogP contribution in [-0.4, -0.2) is 17.9 Å². The molecule has 1 atom stereocenters. The molecule has 0 aliphatic carbocycles. The average Bonchev–Trinajstić information content (AvgIpc) is 2.57. The molecule has 0 spiro atoms. The number of hydrogen-bond acceptors (Lipinski definition) is 4. The number of carbonyl (C=O) groups is 2. The van der Waals surface area contributed by atoms with Gasteiger partial charge in [0.15, 0.2) is 0 Å². The second-order valence-corrected chi connectivity index (χ2v) is 6.26. The summed E-state index contributed by atoms with van der Waals surface area (Å²) in [5, 5.41) is 2.70. The zero-order valence-corrected chi connectivity index (χ0v) is 14.9. The van der Waals surface area contributed by atoms with Crippen LogP contribution in [-0.2, 0) is 20.9 Å². The van der Waals surface area contributed by atoms with E-state index in [0.29, 0.717) is 5.69 Å². The minimum atomic E-state index is -0.961. The molecule has 0 aromatic heterocycles. The lowest BCUT2D eigenvalue weighted by Gasteiger charge is -2.13. The molecular formula is C18H19BrN2O3. The minimum absolute atomic E-state index is 0.167. The third-order valence-corrected chi connectivity index (χ3v) is 4.28. The summed E-state index contributed by atoms with van der Waals surface area (Å²) < 4.78 is 6.08. The summed E-state index contributed by atoms with van der Waals surface area (Å²) in [7, 11) is 0. The van der Waals surface area contributed by atoms with E-state index in [1.54, 1.807) is 6.07 Å². The highest BCUT2D eigenvalue weighted by molar-refractivity contribution is 9.10. The van der Waals surface area contributed by atoms with Crippen molar-refractivity contribution in [1.82, 2.24) is 0 Å². The van der Waals surface area contributed by atoms with E-state index in [1.807, 2.05) is 49.4 Å². The average molecular weight is 391 g/mol. The Hall–Kier alpha value is -2.18. The number of hydrogen-bond donors (Lipinski definition) is 2. The molecule has 126 valence electrons. The Morgan fingerprint density at radius 1 is 1.21 bits per heavy atom. The Morgan fingerprint density at radius 2 is 1.92 bits per heavy atom. The number of ether oxygens (including phenoxy) is 1. The molecule has 2 aromatic carbocycles. The van der Waals surface area contributed by atoms with Gasteiger partial charge in [-0.3, -0.25) is 9.59 Å². The first-order chi connectivity index (χ1) is 11.5. The highest BCUT2D eigenvalue weighted by Crippen LogP contribution is 2.20. The second-order valence-electron chi connectivity index (χ2n) is 5.41. The Balaban J connectivity index is 1.82. The standard InChI is InChI=1S/C18H19BrN2O3/c1-12-9-14(7-8-15(12)19)21-18(23)16(20)10-17(22)24-11-13-5-3-2-4-6-13/h2-9,16H,10-11,20H2,1H3,(H,21,23)/t16-/m0/s1. The zero-order chi connectivity index (χ0) is 17.5. The molecule has 0 aliphatic heterocycles. The fourth-order valence-corrected chi connectivity index (χ4v) is 2.27. The summed E-state index contributed by atoms with van der Waals surface area (Å²) in [6, 6.07) is 13.8. The molecule has 0 radical (unpaired) electrons. The first-order valence-electron chi connectivity index (χ1n) is 7.48. The summed E-state index contributed by atoms with van der Waals surface area (Å²) in [6.07, 6.45) is -0.172. The van der Waals surface area contributed by atoms with Gasteiger partial charge in [-0.2, -0.15) is 0 Å². The van der Waals surface area contributed by atoms with E-state index >= 15 is 0 Å². The van der Waals surface area contributed by atoms with E-state index < -0.39 is 17.9 Å². The Morgan fingerprint density at radius 3 is 2.58 bits per heavy atom. The molecule has 1 amide bonds. The van der Waals surface area contributed by atoms with Crippen molar-refractivity contribution in [3.8, 4) is 0 Å². The van der Waals surface area contributed by atoms with Crippen molar-refractivity contribution in [3.63, 3.8) is 0 Å². The molecule has 0 fully saturated rings. The van der Waals surface area contributed by atoms with Crippen LogP contribution in [0.3, 0.4) is 0 Å². The third kappa shape index (κ3) is 5.47. The molecule has 0 heterocycles. The maximum absolute atomic E-state index is 12.1. The van der Waals surface area contributed by atoms with Crippen molar-refractivity contribution < 1.29 is 14.3 Å². The van der Waals surface area contributed by atoms with Gasteiger partial charge in [0, 0.05) is 10.2 Å². The molecule has 0 aliphatic rings. The SMILES string of the molecule is Cc1cc(NC(=O)[C@@H](N)CC(=O)OCc2ccccc2)ccc1Br. The first kappa shape index (κ1) is 18.2. The summed E-state index contributed by atoms with van der Waals surface area (Å²) in [6.45, 7) is 2.08. The predicted octanol–water partition coefficient (Wildman–Crippen LogP) is 3.16. The van der Waals surface area contributed by atoms with Gasteiger partial charge in [-0.05, 0) is 36.2 Å². The van der Waals surface area contributed by atoms with Crippen LogP contribution < -0.4 is 11.1 Å². The van der Waals surface area contributed by atoms with Crippen LogP contribution in [0, 0.1) is 6.92 Å². The predicted molar refractivity (Wildman–Crippen MR) is 96.3 cm³/mol. The van der Waals surface area contributed by atoms with Crippen molar-refractivity contribution in [1.29, 1.82) is 0 Å². The van der Waals surface area contributed by atoms with Crippen molar-refractivity contribution in [3.05, 3.63) is 64.1 Å². The molecule has 0 bridgehead atoms. The van der Waals surface area contributed by atoms with Gasteiger partial charge in [-0.15, -0.1) is 0 Å². The van der Waals surface area contributed by atoms with Gasteiger partial charge in [-0.1, -0.05) is 46.3 Å². The first-order valence-corrected chi connectivity index (χ1v) is 8.27. The van der Waals surface area contributed by atoms with Crippen LogP contribution in [0.15, 0.2) is 53.0 Å². The second kappa shape index (κ2) is 8.61. The topological polar surface area (TPSA) is 81.4 Å². The number of amides is 1. The van der Waals surface area contributed by atoms with Crippen molar-refractivity contribution in [2.45, 2.75) is 26.0 Å². The minimum Gasteiger partial charge on any atom is -0.461 e. The number of carbonyl (C=O) groups excluding carboxylic acids is 2. The van der Waals surface area contributed by atoms with E-state index in [1.165, 1.54) is 0 Å². The lowest BCUT2D eigenvalue weighted by molar-refractivity contribution is -0.146. The van der Waals surface area contributed by atoms with Crippen LogP contribution in [0.4, 0.5) is 5.69 Å². The van der Waals surface area contributed by atoms with E-state index in [2.05, 4.69) is 21.2 Å². The Bertz CT molecular complexity index is 719. The number of anilines is 1. The lowest BCUT2D eigenvalue weighted by Crippen LogP contribution is -2.37.